The summed E-state index contributed by atoms with van der Waals surface area (Å²) in [6, 6.07) is 20.7. The number of fused-ring (bicyclic) bond motifs is 1. The number of hydrogen-bond donors (Lipinski definition) is 2. The molecular formula is C26H24N2O6. The largest absolute Gasteiger partial charge is 0.486 e. The van der Waals surface area contributed by atoms with Gasteiger partial charge in [-0.3, -0.25) is 9.59 Å². The monoisotopic (exact) mass is 460 g/mol. The van der Waals surface area contributed by atoms with Crippen LogP contribution in [-0.2, 0) is 9.53 Å². The first-order chi connectivity index (χ1) is 16.5. The topological polar surface area (TPSA) is 103 Å². The van der Waals surface area contributed by atoms with Gasteiger partial charge in [-0.25, -0.2) is 4.79 Å². The molecule has 4 rings (SSSR count). The molecule has 0 radical (unpaired) electrons. The molecule has 3 aromatic rings. The Bertz CT molecular complexity index is 1190. The van der Waals surface area contributed by atoms with E-state index >= 15 is 0 Å². The summed E-state index contributed by atoms with van der Waals surface area (Å²) in [5.41, 5.74) is 1.83. The molecule has 0 aromatic heterocycles. The molecular weight excluding hydrogens is 436 g/mol. The summed E-state index contributed by atoms with van der Waals surface area (Å²) < 4.78 is 16.0. The van der Waals surface area contributed by atoms with E-state index in [9.17, 15) is 14.4 Å². The van der Waals surface area contributed by atoms with E-state index in [4.69, 9.17) is 14.2 Å². The number of carbonyl (C=O) groups excluding carboxylic acids is 3. The molecule has 174 valence electrons. The Morgan fingerprint density at radius 2 is 1.62 bits per heavy atom. The fraction of sp³-hybridized carbons (Fsp3) is 0.192. The number of hydrogen-bond acceptors (Lipinski definition) is 6. The van der Waals surface area contributed by atoms with E-state index in [2.05, 4.69) is 10.6 Å². The Morgan fingerprint density at radius 3 is 2.41 bits per heavy atom. The normalized spacial score (nSPS) is 12.9. The lowest BCUT2D eigenvalue weighted by Gasteiger charge is -2.18. The van der Waals surface area contributed by atoms with E-state index in [-0.39, 0.29) is 17.5 Å². The first kappa shape index (κ1) is 22.8. The van der Waals surface area contributed by atoms with Crippen LogP contribution in [0.5, 0.6) is 11.5 Å². The maximum atomic E-state index is 12.8. The van der Waals surface area contributed by atoms with Crippen LogP contribution >= 0.6 is 0 Å². The average Bonchev–Trinajstić information content (AvgIpc) is 2.87. The molecule has 2 N–H and O–H groups in total. The summed E-state index contributed by atoms with van der Waals surface area (Å²) in [4.78, 5) is 37.6. The van der Waals surface area contributed by atoms with Crippen molar-refractivity contribution in [1.29, 1.82) is 0 Å². The molecule has 8 heteroatoms. The maximum Gasteiger partial charge on any atom is 0.338 e. The Balaban J connectivity index is 1.35. The van der Waals surface area contributed by atoms with Gasteiger partial charge in [0.2, 0.25) is 0 Å². The number of anilines is 1. The summed E-state index contributed by atoms with van der Waals surface area (Å²) >= 11 is 0. The smallest absolute Gasteiger partial charge is 0.338 e. The highest BCUT2D eigenvalue weighted by atomic mass is 16.6. The van der Waals surface area contributed by atoms with E-state index in [0.717, 1.165) is 5.56 Å². The molecule has 0 spiro atoms. The molecule has 0 saturated heterocycles. The third kappa shape index (κ3) is 5.53. The molecule has 0 unspecified atom stereocenters. The lowest BCUT2D eigenvalue weighted by molar-refractivity contribution is -0.119. The molecule has 1 aliphatic rings. The standard InChI is InChI=1S/C26H24N2O6/c1-17(18-7-3-2-4-8-18)27-25(30)20-9-5-6-10-21(20)28-24(29)16-34-26(31)19-11-12-22-23(15-19)33-14-13-32-22/h2-12,15,17H,13-14,16H2,1H3,(H,27,30)(H,28,29)/t17-/m1/s1. The number of rotatable bonds is 7. The zero-order valence-electron chi connectivity index (χ0n) is 18.6. The number of carbonyl (C=O) groups is 3. The van der Waals surface area contributed by atoms with Gasteiger partial charge in [-0.05, 0) is 42.8 Å². The number of benzene rings is 3. The second-order valence-corrected chi connectivity index (χ2v) is 7.63. The Kier molecular flexibility index (Phi) is 7.07. The predicted octanol–water partition coefficient (Wildman–Crippen LogP) is 3.74. The van der Waals surface area contributed by atoms with E-state index in [0.29, 0.717) is 36.0 Å². The van der Waals surface area contributed by atoms with Crippen molar-refractivity contribution >= 4 is 23.5 Å². The van der Waals surface area contributed by atoms with Gasteiger partial charge in [-0.1, -0.05) is 42.5 Å². The number of esters is 1. The average molecular weight is 460 g/mol. The summed E-state index contributed by atoms with van der Waals surface area (Å²) in [6.45, 7) is 2.21. The first-order valence-electron chi connectivity index (χ1n) is 10.8. The lowest BCUT2D eigenvalue weighted by atomic mass is 10.1. The second kappa shape index (κ2) is 10.5. The first-order valence-corrected chi connectivity index (χ1v) is 10.8. The van der Waals surface area contributed by atoms with Gasteiger partial charge in [0.05, 0.1) is 22.9 Å². The van der Waals surface area contributed by atoms with Gasteiger partial charge < -0.3 is 24.8 Å². The Labute approximate surface area is 196 Å². The van der Waals surface area contributed by atoms with Gasteiger partial charge in [0, 0.05) is 0 Å². The van der Waals surface area contributed by atoms with Crippen LogP contribution in [0.25, 0.3) is 0 Å². The van der Waals surface area contributed by atoms with Crippen LogP contribution in [0.1, 0.15) is 39.2 Å². The van der Waals surface area contributed by atoms with Crippen LogP contribution in [0.3, 0.4) is 0 Å². The number of para-hydroxylation sites is 1. The van der Waals surface area contributed by atoms with E-state index in [1.807, 2.05) is 37.3 Å². The minimum absolute atomic E-state index is 0.218. The van der Waals surface area contributed by atoms with Crippen LogP contribution in [-0.4, -0.2) is 37.6 Å². The van der Waals surface area contributed by atoms with Gasteiger partial charge in [0.25, 0.3) is 11.8 Å². The van der Waals surface area contributed by atoms with Crippen LogP contribution in [0.4, 0.5) is 5.69 Å². The molecule has 0 fully saturated rings. The zero-order valence-corrected chi connectivity index (χ0v) is 18.6. The highest BCUT2D eigenvalue weighted by Gasteiger charge is 2.19. The highest BCUT2D eigenvalue weighted by molar-refractivity contribution is 6.04. The summed E-state index contributed by atoms with van der Waals surface area (Å²) in [5.74, 6) is -0.565. The molecule has 8 nitrogen and oxygen atoms in total. The van der Waals surface area contributed by atoms with Gasteiger partial charge in [-0.2, -0.15) is 0 Å². The van der Waals surface area contributed by atoms with Crippen molar-refractivity contribution in [3.63, 3.8) is 0 Å². The van der Waals surface area contributed by atoms with Crippen molar-refractivity contribution in [3.8, 4) is 11.5 Å². The molecule has 0 saturated carbocycles. The molecule has 1 heterocycles. The summed E-state index contributed by atoms with van der Waals surface area (Å²) in [6.07, 6.45) is 0. The van der Waals surface area contributed by atoms with Crippen molar-refractivity contribution in [1.82, 2.24) is 5.32 Å². The molecule has 0 aliphatic carbocycles. The lowest BCUT2D eigenvalue weighted by Crippen LogP contribution is -2.28. The molecule has 0 bridgehead atoms. The van der Waals surface area contributed by atoms with Crippen LogP contribution in [0, 0.1) is 0 Å². The van der Waals surface area contributed by atoms with E-state index in [1.165, 1.54) is 6.07 Å². The molecule has 1 atom stereocenters. The quantitative estimate of drug-likeness (QED) is 0.521. The number of amides is 2. The van der Waals surface area contributed by atoms with Gasteiger partial charge in [-0.15, -0.1) is 0 Å². The third-order valence-corrected chi connectivity index (χ3v) is 5.21. The molecule has 1 aliphatic heterocycles. The van der Waals surface area contributed by atoms with Crippen LogP contribution < -0.4 is 20.1 Å². The van der Waals surface area contributed by atoms with Crippen LogP contribution in [0.2, 0.25) is 0 Å². The van der Waals surface area contributed by atoms with Crippen molar-refractivity contribution < 1.29 is 28.6 Å². The fourth-order valence-electron chi connectivity index (χ4n) is 3.46. The Hall–Kier alpha value is -4.33. The van der Waals surface area contributed by atoms with E-state index < -0.39 is 18.5 Å². The minimum atomic E-state index is -0.671. The van der Waals surface area contributed by atoms with Crippen LogP contribution in [0.15, 0.2) is 72.8 Å². The zero-order chi connectivity index (χ0) is 23.9. The predicted molar refractivity (Wildman–Crippen MR) is 125 cm³/mol. The SMILES string of the molecule is C[C@@H](NC(=O)c1ccccc1NC(=O)COC(=O)c1ccc2c(c1)OCCO2)c1ccccc1. The third-order valence-electron chi connectivity index (χ3n) is 5.21. The highest BCUT2D eigenvalue weighted by Crippen LogP contribution is 2.31. The molecule has 34 heavy (non-hydrogen) atoms. The van der Waals surface area contributed by atoms with Crippen molar-refractivity contribution in [2.45, 2.75) is 13.0 Å². The van der Waals surface area contributed by atoms with Gasteiger partial charge >= 0.3 is 5.97 Å². The van der Waals surface area contributed by atoms with Crippen molar-refractivity contribution in [2.75, 3.05) is 25.1 Å². The maximum absolute atomic E-state index is 12.8. The number of ether oxygens (including phenoxy) is 3. The Morgan fingerprint density at radius 1 is 0.912 bits per heavy atom. The molecule has 3 aromatic carbocycles. The van der Waals surface area contributed by atoms with Gasteiger partial charge in [0.1, 0.15) is 13.2 Å². The fourth-order valence-corrected chi connectivity index (χ4v) is 3.46. The minimum Gasteiger partial charge on any atom is -0.486 e. The molecule has 2 amide bonds. The summed E-state index contributed by atoms with van der Waals surface area (Å²) in [5, 5.41) is 5.56. The van der Waals surface area contributed by atoms with Crippen molar-refractivity contribution in [3.05, 3.63) is 89.5 Å². The second-order valence-electron chi connectivity index (χ2n) is 7.63. The van der Waals surface area contributed by atoms with Crippen molar-refractivity contribution in [2.24, 2.45) is 0 Å². The van der Waals surface area contributed by atoms with E-state index in [1.54, 1.807) is 36.4 Å². The summed E-state index contributed by atoms with van der Waals surface area (Å²) in [7, 11) is 0. The van der Waals surface area contributed by atoms with Gasteiger partial charge in [0.15, 0.2) is 18.1 Å². The number of nitrogens with one attached hydrogen (secondary N) is 2.